The molecule has 1 amide bonds. The van der Waals surface area contributed by atoms with E-state index in [-0.39, 0.29) is 17.8 Å². The highest BCUT2D eigenvalue weighted by atomic mass is 16.5. The first kappa shape index (κ1) is 21.5. The summed E-state index contributed by atoms with van der Waals surface area (Å²) in [4.78, 5) is 16.7. The molecule has 0 bridgehead atoms. The Kier molecular flexibility index (Phi) is 7.19. The Morgan fingerprint density at radius 2 is 1.90 bits per heavy atom. The fraction of sp³-hybridized carbons (Fsp3) is 0.348. The molecule has 0 aliphatic carbocycles. The van der Waals surface area contributed by atoms with E-state index in [1.807, 2.05) is 76.2 Å². The van der Waals surface area contributed by atoms with Crippen molar-refractivity contribution in [1.82, 2.24) is 14.8 Å². The summed E-state index contributed by atoms with van der Waals surface area (Å²) in [6.45, 7) is 9.17. The summed E-state index contributed by atoms with van der Waals surface area (Å²) in [5.74, 6) is 0.520. The van der Waals surface area contributed by atoms with Gasteiger partial charge in [-0.05, 0) is 32.0 Å². The number of hydrogen-bond acceptors (Lipinski definition) is 5. The summed E-state index contributed by atoms with van der Waals surface area (Å²) in [6.07, 6.45) is 0. The van der Waals surface area contributed by atoms with Gasteiger partial charge in [0, 0.05) is 23.8 Å². The van der Waals surface area contributed by atoms with Crippen LogP contribution >= 0.6 is 0 Å². The van der Waals surface area contributed by atoms with Crippen molar-refractivity contribution >= 4 is 11.6 Å². The maximum atomic E-state index is 12.1. The molecule has 1 heterocycles. The number of amides is 1. The van der Waals surface area contributed by atoms with E-state index < -0.39 is 0 Å². The van der Waals surface area contributed by atoms with Crippen LogP contribution in [-0.4, -0.2) is 40.5 Å². The zero-order chi connectivity index (χ0) is 21.5. The Balaban J connectivity index is 1.94. The minimum absolute atomic E-state index is 0.0376. The SMILES string of the molecule is CCOCCOc1nc(-c2ccc(C)cc2)n(-c2cccc(NC(=O)C(C)C)c2)n1. The highest BCUT2D eigenvalue weighted by molar-refractivity contribution is 5.92. The topological polar surface area (TPSA) is 78.3 Å². The van der Waals surface area contributed by atoms with Crippen LogP contribution < -0.4 is 10.1 Å². The lowest BCUT2D eigenvalue weighted by atomic mass is 10.1. The smallest absolute Gasteiger partial charge is 0.336 e. The van der Waals surface area contributed by atoms with E-state index >= 15 is 0 Å². The molecule has 0 spiro atoms. The van der Waals surface area contributed by atoms with Gasteiger partial charge in [0.2, 0.25) is 5.91 Å². The normalized spacial score (nSPS) is 11.0. The van der Waals surface area contributed by atoms with Crippen LogP contribution in [0, 0.1) is 12.8 Å². The summed E-state index contributed by atoms with van der Waals surface area (Å²) in [5.41, 5.74) is 3.57. The molecule has 3 aromatic rings. The molecule has 0 unspecified atom stereocenters. The molecule has 1 N–H and O–H groups in total. The van der Waals surface area contributed by atoms with E-state index in [1.165, 1.54) is 0 Å². The molecule has 3 rings (SSSR count). The number of anilines is 1. The zero-order valence-corrected chi connectivity index (χ0v) is 17.9. The molecule has 0 fully saturated rings. The van der Waals surface area contributed by atoms with Crippen molar-refractivity contribution < 1.29 is 14.3 Å². The second-order valence-corrected chi connectivity index (χ2v) is 7.24. The lowest BCUT2D eigenvalue weighted by Crippen LogP contribution is -2.17. The third kappa shape index (κ3) is 5.45. The average molecular weight is 409 g/mol. The van der Waals surface area contributed by atoms with Gasteiger partial charge in [-0.15, -0.1) is 5.10 Å². The monoisotopic (exact) mass is 408 g/mol. The molecule has 0 saturated heterocycles. The predicted octanol–water partition coefficient (Wildman–Crippen LogP) is 4.25. The van der Waals surface area contributed by atoms with Crippen LogP contribution in [0.25, 0.3) is 17.1 Å². The molecule has 7 nitrogen and oxygen atoms in total. The van der Waals surface area contributed by atoms with Gasteiger partial charge in [-0.25, -0.2) is 4.68 Å². The number of aromatic nitrogens is 3. The van der Waals surface area contributed by atoms with Crippen LogP contribution in [0.2, 0.25) is 0 Å². The number of benzene rings is 2. The van der Waals surface area contributed by atoms with Crippen LogP contribution in [-0.2, 0) is 9.53 Å². The van der Waals surface area contributed by atoms with Gasteiger partial charge in [-0.1, -0.05) is 49.7 Å². The molecule has 158 valence electrons. The van der Waals surface area contributed by atoms with Gasteiger partial charge in [-0.2, -0.15) is 4.98 Å². The number of ether oxygens (including phenoxy) is 2. The van der Waals surface area contributed by atoms with Gasteiger partial charge in [0.05, 0.1) is 12.3 Å². The Morgan fingerprint density at radius 3 is 2.60 bits per heavy atom. The van der Waals surface area contributed by atoms with Gasteiger partial charge in [0.25, 0.3) is 0 Å². The van der Waals surface area contributed by atoms with E-state index in [0.717, 1.165) is 16.8 Å². The number of hydrogen-bond donors (Lipinski definition) is 1. The van der Waals surface area contributed by atoms with Crippen molar-refractivity contribution in [3.63, 3.8) is 0 Å². The van der Waals surface area contributed by atoms with Crippen molar-refractivity contribution in [1.29, 1.82) is 0 Å². The molecule has 7 heteroatoms. The summed E-state index contributed by atoms with van der Waals surface area (Å²) in [6, 6.07) is 15.9. The Hall–Kier alpha value is -3.19. The Morgan fingerprint density at radius 1 is 1.13 bits per heavy atom. The third-order valence-electron chi connectivity index (χ3n) is 4.44. The van der Waals surface area contributed by atoms with Gasteiger partial charge in [-0.3, -0.25) is 4.79 Å². The predicted molar refractivity (Wildman–Crippen MR) is 117 cm³/mol. The number of rotatable bonds is 9. The molecule has 1 aromatic heterocycles. The fourth-order valence-corrected chi connectivity index (χ4v) is 2.76. The van der Waals surface area contributed by atoms with Crippen LogP contribution in [0.15, 0.2) is 48.5 Å². The lowest BCUT2D eigenvalue weighted by Gasteiger charge is -2.10. The fourth-order valence-electron chi connectivity index (χ4n) is 2.76. The standard InChI is InChI=1S/C23H28N4O3/c1-5-29-13-14-30-23-25-21(18-11-9-17(4)10-12-18)27(26-23)20-8-6-7-19(15-20)24-22(28)16(2)3/h6-12,15-16H,5,13-14H2,1-4H3,(H,24,28). The molecule has 30 heavy (non-hydrogen) atoms. The molecule has 2 aromatic carbocycles. The molecule has 0 aliphatic heterocycles. The Labute approximate surface area is 177 Å². The van der Waals surface area contributed by atoms with E-state index in [2.05, 4.69) is 15.4 Å². The summed E-state index contributed by atoms with van der Waals surface area (Å²) < 4.78 is 12.7. The summed E-state index contributed by atoms with van der Waals surface area (Å²) in [5, 5.41) is 7.47. The summed E-state index contributed by atoms with van der Waals surface area (Å²) >= 11 is 0. The van der Waals surface area contributed by atoms with Crippen molar-refractivity contribution in [2.75, 3.05) is 25.1 Å². The minimum Gasteiger partial charge on any atom is -0.460 e. The van der Waals surface area contributed by atoms with Gasteiger partial charge in [0.1, 0.15) is 6.61 Å². The zero-order valence-electron chi connectivity index (χ0n) is 17.9. The minimum atomic E-state index is -0.103. The highest BCUT2D eigenvalue weighted by Gasteiger charge is 2.16. The maximum Gasteiger partial charge on any atom is 0.336 e. The van der Waals surface area contributed by atoms with Crippen LogP contribution in [0.1, 0.15) is 26.3 Å². The van der Waals surface area contributed by atoms with Crippen molar-refractivity contribution in [3.05, 3.63) is 54.1 Å². The number of nitrogens with one attached hydrogen (secondary N) is 1. The van der Waals surface area contributed by atoms with Crippen molar-refractivity contribution in [2.45, 2.75) is 27.7 Å². The molecule has 0 saturated carbocycles. The largest absolute Gasteiger partial charge is 0.460 e. The van der Waals surface area contributed by atoms with E-state index in [9.17, 15) is 4.79 Å². The van der Waals surface area contributed by atoms with Crippen LogP contribution in [0.3, 0.4) is 0 Å². The van der Waals surface area contributed by atoms with Gasteiger partial charge < -0.3 is 14.8 Å². The van der Waals surface area contributed by atoms with Gasteiger partial charge in [0.15, 0.2) is 5.82 Å². The lowest BCUT2D eigenvalue weighted by molar-refractivity contribution is -0.118. The molecular weight excluding hydrogens is 380 g/mol. The number of nitrogens with zero attached hydrogens (tertiary/aromatic N) is 3. The second kappa shape index (κ2) is 10.0. The maximum absolute atomic E-state index is 12.1. The van der Waals surface area contributed by atoms with E-state index in [1.54, 1.807) is 4.68 Å². The quantitative estimate of drug-likeness (QED) is 0.536. The van der Waals surface area contributed by atoms with E-state index in [4.69, 9.17) is 9.47 Å². The molecule has 0 aliphatic rings. The second-order valence-electron chi connectivity index (χ2n) is 7.24. The molecule has 0 radical (unpaired) electrons. The first-order valence-electron chi connectivity index (χ1n) is 10.1. The Bertz CT molecular complexity index is 980. The summed E-state index contributed by atoms with van der Waals surface area (Å²) in [7, 11) is 0. The van der Waals surface area contributed by atoms with Crippen LogP contribution in [0.5, 0.6) is 6.01 Å². The average Bonchev–Trinajstić information content (AvgIpc) is 3.16. The number of aryl methyl sites for hydroxylation is 1. The first-order valence-corrected chi connectivity index (χ1v) is 10.1. The van der Waals surface area contributed by atoms with Gasteiger partial charge >= 0.3 is 6.01 Å². The first-order chi connectivity index (χ1) is 14.5. The van der Waals surface area contributed by atoms with E-state index in [0.29, 0.717) is 31.3 Å². The molecule has 0 atom stereocenters. The number of carbonyl (C=O) groups excluding carboxylic acids is 1. The van der Waals surface area contributed by atoms with Crippen molar-refractivity contribution in [3.8, 4) is 23.1 Å². The molecular formula is C23H28N4O3. The van der Waals surface area contributed by atoms with Crippen LogP contribution in [0.4, 0.5) is 5.69 Å². The third-order valence-corrected chi connectivity index (χ3v) is 4.44. The van der Waals surface area contributed by atoms with Crippen molar-refractivity contribution in [2.24, 2.45) is 5.92 Å². The number of carbonyl (C=O) groups is 1. The highest BCUT2D eigenvalue weighted by Crippen LogP contribution is 2.25.